The van der Waals surface area contributed by atoms with Crippen LogP contribution in [0.3, 0.4) is 0 Å². The van der Waals surface area contributed by atoms with Crippen LogP contribution in [0.1, 0.15) is 58.1 Å². The van der Waals surface area contributed by atoms with Crippen LogP contribution < -0.4 is 10.1 Å². The average Bonchev–Trinajstić information content (AvgIpc) is 2.90. The highest BCUT2D eigenvalue weighted by molar-refractivity contribution is 5.89. The Morgan fingerprint density at radius 2 is 1.69 bits per heavy atom. The Hall–Kier alpha value is -3.32. The molecule has 0 saturated carbocycles. The molecule has 1 N–H and O–H groups in total. The van der Waals surface area contributed by atoms with Crippen LogP contribution in [0.25, 0.3) is 6.08 Å². The zero-order valence-electron chi connectivity index (χ0n) is 24.6. The number of benzene rings is 2. The van der Waals surface area contributed by atoms with Crippen LogP contribution in [-0.2, 0) is 4.79 Å². The lowest BCUT2D eigenvalue weighted by atomic mass is 9.91. The molecule has 0 atom stereocenters. The maximum Gasteiger partial charge on any atom is 0.321 e. The van der Waals surface area contributed by atoms with E-state index >= 15 is 0 Å². The molecule has 3 rings (SSSR count). The van der Waals surface area contributed by atoms with Crippen LogP contribution >= 0.6 is 0 Å². The van der Waals surface area contributed by atoms with Gasteiger partial charge in [-0.1, -0.05) is 77.1 Å². The Morgan fingerprint density at radius 1 is 1.03 bits per heavy atom. The number of hydrogen-bond donors (Lipinski definition) is 1. The van der Waals surface area contributed by atoms with Crippen molar-refractivity contribution in [1.82, 2.24) is 14.7 Å². The van der Waals surface area contributed by atoms with Gasteiger partial charge in [0.25, 0.3) is 0 Å². The van der Waals surface area contributed by atoms with E-state index in [2.05, 4.69) is 57.0 Å². The largest absolute Gasteiger partial charge is 0.496 e. The van der Waals surface area contributed by atoms with Crippen molar-refractivity contribution in [2.45, 2.75) is 47.0 Å². The monoisotopic (exact) mass is 534 g/mol. The number of anilines is 1. The van der Waals surface area contributed by atoms with E-state index in [1.807, 2.05) is 58.4 Å². The zero-order valence-corrected chi connectivity index (χ0v) is 24.6. The molecule has 1 saturated heterocycles. The molecule has 1 fully saturated rings. The first-order valence-electron chi connectivity index (χ1n) is 14.0. The van der Waals surface area contributed by atoms with Crippen LogP contribution in [-0.4, -0.2) is 79.6 Å². The van der Waals surface area contributed by atoms with Gasteiger partial charge in [0.05, 0.1) is 7.11 Å². The second-order valence-electron chi connectivity index (χ2n) is 11.8. The van der Waals surface area contributed by atoms with Crippen LogP contribution in [0.4, 0.5) is 10.5 Å². The minimum absolute atomic E-state index is 0.0598. The first-order chi connectivity index (χ1) is 18.6. The molecule has 39 heavy (non-hydrogen) atoms. The van der Waals surface area contributed by atoms with Crippen molar-refractivity contribution < 1.29 is 14.3 Å². The highest BCUT2D eigenvalue weighted by Crippen LogP contribution is 2.21. The summed E-state index contributed by atoms with van der Waals surface area (Å²) in [5, 5.41) is 3.02. The van der Waals surface area contributed by atoms with Gasteiger partial charge >= 0.3 is 6.03 Å². The fourth-order valence-corrected chi connectivity index (χ4v) is 4.58. The van der Waals surface area contributed by atoms with E-state index in [4.69, 9.17) is 4.74 Å². The van der Waals surface area contributed by atoms with Gasteiger partial charge in [0.2, 0.25) is 5.91 Å². The summed E-state index contributed by atoms with van der Waals surface area (Å²) in [6, 6.07) is 15.9. The van der Waals surface area contributed by atoms with Crippen LogP contribution in [0.5, 0.6) is 5.75 Å². The minimum atomic E-state index is -0.0736. The van der Waals surface area contributed by atoms with E-state index in [9.17, 15) is 9.59 Å². The summed E-state index contributed by atoms with van der Waals surface area (Å²) in [6.07, 6.45) is 4.56. The molecule has 0 radical (unpaired) electrons. The molecular weight excluding hydrogens is 488 g/mol. The average molecular weight is 535 g/mol. The van der Waals surface area contributed by atoms with Crippen molar-refractivity contribution in [2.24, 2.45) is 5.41 Å². The summed E-state index contributed by atoms with van der Waals surface area (Å²) in [6.45, 7) is 15.5. The quantitative estimate of drug-likeness (QED) is 0.409. The lowest BCUT2D eigenvalue weighted by Gasteiger charge is -2.36. The van der Waals surface area contributed by atoms with E-state index < -0.39 is 0 Å². The molecule has 0 unspecified atom stereocenters. The number of piperazine rings is 1. The highest BCUT2D eigenvalue weighted by atomic mass is 16.5. The summed E-state index contributed by atoms with van der Waals surface area (Å²) in [4.78, 5) is 32.1. The fraction of sp³-hybridized carbons (Fsp3) is 0.500. The number of rotatable bonds is 10. The predicted octanol–water partition coefficient (Wildman–Crippen LogP) is 5.95. The van der Waals surface area contributed by atoms with E-state index in [0.29, 0.717) is 38.5 Å². The van der Waals surface area contributed by atoms with Gasteiger partial charge in [0.15, 0.2) is 0 Å². The number of nitrogens with zero attached hydrogens (tertiary/aromatic N) is 3. The summed E-state index contributed by atoms with van der Waals surface area (Å²) in [5.74, 6) is 1.44. The zero-order chi connectivity index (χ0) is 28.4. The number of hydrogen-bond acceptors (Lipinski definition) is 4. The van der Waals surface area contributed by atoms with Crippen molar-refractivity contribution in [3.8, 4) is 5.75 Å². The molecule has 0 aromatic heterocycles. The van der Waals surface area contributed by atoms with Gasteiger partial charge in [0, 0.05) is 63.5 Å². The van der Waals surface area contributed by atoms with Gasteiger partial charge < -0.3 is 19.9 Å². The Balaban J connectivity index is 1.52. The topological polar surface area (TPSA) is 65.1 Å². The first-order valence-corrected chi connectivity index (χ1v) is 14.0. The number of urea groups is 1. The third-order valence-electron chi connectivity index (χ3n) is 6.97. The summed E-state index contributed by atoms with van der Waals surface area (Å²) in [7, 11) is 1.67. The lowest BCUT2D eigenvalue weighted by molar-refractivity contribution is -0.132. The molecule has 212 valence electrons. The van der Waals surface area contributed by atoms with Crippen molar-refractivity contribution in [2.75, 3.05) is 58.2 Å². The molecular formula is C32H46N4O3. The Morgan fingerprint density at radius 3 is 2.31 bits per heavy atom. The van der Waals surface area contributed by atoms with Crippen molar-refractivity contribution in [3.63, 3.8) is 0 Å². The number of carbonyl (C=O) groups excluding carboxylic acids is 2. The maximum atomic E-state index is 13.2. The Kier molecular flexibility index (Phi) is 11.0. The second kappa shape index (κ2) is 14.2. The molecule has 7 nitrogen and oxygen atoms in total. The van der Waals surface area contributed by atoms with Gasteiger partial charge in [-0.05, 0) is 35.1 Å². The van der Waals surface area contributed by atoms with Crippen molar-refractivity contribution >= 4 is 23.7 Å². The number of ether oxygens (including phenoxy) is 1. The van der Waals surface area contributed by atoms with Crippen LogP contribution in [0.2, 0.25) is 0 Å². The number of para-hydroxylation sites is 1. The van der Waals surface area contributed by atoms with Gasteiger partial charge in [-0.15, -0.1) is 0 Å². The van der Waals surface area contributed by atoms with Crippen molar-refractivity contribution in [1.29, 1.82) is 0 Å². The van der Waals surface area contributed by atoms with Gasteiger partial charge in [-0.3, -0.25) is 9.69 Å². The molecule has 0 aliphatic carbocycles. The fourth-order valence-electron chi connectivity index (χ4n) is 4.58. The predicted molar refractivity (Wildman–Crippen MR) is 160 cm³/mol. The highest BCUT2D eigenvalue weighted by Gasteiger charge is 2.24. The van der Waals surface area contributed by atoms with E-state index in [1.165, 1.54) is 5.56 Å². The third kappa shape index (κ3) is 9.74. The molecule has 2 aromatic rings. The molecule has 2 aromatic carbocycles. The van der Waals surface area contributed by atoms with E-state index in [1.54, 1.807) is 7.11 Å². The normalized spacial score (nSPS) is 14.6. The molecule has 1 aliphatic heterocycles. The van der Waals surface area contributed by atoms with Crippen molar-refractivity contribution in [3.05, 3.63) is 65.7 Å². The van der Waals surface area contributed by atoms with Gasteiger partial charge in [-0.2, -0.15) is 0 Å². The number of nitrogens with one attached hydrogen (secondary N) is 1. The number of carbonyl (C=O) groups is 2. The minimum Gasteiger partial charge on any atom is -0.496 e. The molecule has 3 amide bonds. The molecule has 0 spiro atoms. The molecule has 1 aliphatic rings. The third-order valence-corrected chi connectivity index (χ3v) is 6.97. The van der Waals surface area contributed by atoms with E-state index in [0.717, 1.165) is 36.6 Å². The molecule has 1 heterocycles. The smallest absolute Gasteiger partial charge is 0.321 e. The number of methoxy groups -OCH3 is 1. The maximum absolute atomic E-state index is 13.2. The van der Waals surface area contributed by atoms with Gasteiger partial charge in [-0.25, -0.2) is 4.79 Å². The summed E-state index contributed by atoms with van der Waals surface area (Å²) < 4.78 is 5.44. The standard InChI is InChI=1S/C32H46N4O3/c1-25(2)26-13-15-28(16-14-26)33-31(38)36-22-19-34(20-23-36)18-21-35(30(37)24-32(3,4)5)17-9-11-27-10-7-8-12-29(27)39-6/h7-16,25H,17-24H2,1-6H3,(H,33,38). The second-order valence-corrected chi connectivity index (χ2v) is 11.8. The molecule has 0 bridgehead atoms. The van der Waals surface area contributed by atoms with Gasteiger partial charge in [0.1, 0.15) is 5.75 Å². The Labute approximate surface area is 234 Å². The SMILES string of the molecule is COc1ccccc1C=CCN(CCN1CCN(C(=O)Nc2ccc(C(C)C)cc2)CC1)C(=O)CC(C)(C)C. The van der Waals surface area contributed by atoms with E-state index in [-0.39, 0.29) is 17.4 Å². The first kappa shape index (κ1) is 30.2. The van der Waals surface area contributed by atoms with Crippen LogP contribution in [0, 0.1) is 5.41 Å². The summed E-state index contributed by atoms with van der Waals surface area (Å²) >= 11 is 0. The Bertz CT molecular complexity index is 1100. The summed E-state index contributed by atoms with van der Waals surface area (Å²) in [5.41, 5.74) is 3.00. The number of amides is 3. The van der Waals surface area contributed by atoms with Crippen LogP contribution in [0.15, 0.2) is 54.6 Å². The molecule has 7 heteroatoms. The lowest BCUT2D eigenvalue weighted by Crippen LogP contribution is -2.51.